The third kappa shape index (κ3) is 4.53. The Balaban J connectivity index is 1.87. The van der Waals surface area contributed by atoms with Crippen molar-refractivity contribution in [2.45, 2.75) is 25.2 Å². The van der Waals surface area contributed by atoms with Crippen LogP contribution in [0.1, 0.15) is 17.8 Å². The van der Waals surface area contributed by atoms with Gasteiger partial charge in [-0.05, 0) is 38.5 Å². The molecule has 2 rings (SSSR count). The van der Waals surface area contributed by atoms with Crippen molar-refractivity contribution < 1.29 is 8.42 Å². The lowest BCUT2D eigenvalue weighted by Gasteiger charge is -2.07. The van der Waals surface area contributed by atoms with E-state index in [2.05, 4.69) is 15.3 Å². The molecule has 2 aromatic rings. The number of nitrogens with one attached hydrogen (secondary N) is 1. The van der Waals surface area contributed by atoms with Crippen molar-refractivity contribution in [2.24, 2.45) is 0 Å². The summed E-state index contributed by atoms with van der Waals surface area (Å²) in [6.07, 6.45) is 0.508. The molecule has 0 saturated heterocycles. The molecule has 0 aliphatic heterocycles. The first kappa shape index (κ1) is 15.4. The van der Waals surface area contributed by atoms with Gasteiger partial charge in [0.05, 0.1) is 10.6 Å². The average molecular weight is 305 g/mol. The molecular weight excluding hydrogens is 286 g/mol. The summed E-state index contributed by atoms with van der Waals surface area (Å²) in [6.45, 7) is 4.33. The highest BCUT2D eigenvalue weighted by Gasteiger charge is 2.13. The molecule has 5 nitrogen and oxygen atoms in total. The Hall–Kier alpha value is -1.95. The number of hydrogen-bond donors (Lipinski definition) is 1. The van der Waals surface area contributed by atoms with E-state index in [-0.39, 0.29) is 5.75 Å². The molecule has 1 heterocycles. The van der Waals surface area contributed by atoms with Crippen LogP contribution >= 0.6 is 0 Å². The molecule has 0 radical (unpaired) electrons. The largest absolute Gasteiger partial charge is 0.354 e. The number of benzene rings is 1. The summed E-state index contributed by atoms with van der Waals surface area (Å²) < 4.78 is 24.2. The lowest BCUT2D eigenvalue weighted by atomic mass is 10.3. The van der Waals surface area contributed by atoms with E-state index in [0.29, 0.717) is 23.8 Å². The van der Waals surface area contributed by atoms with Crippen LogP contribution in [0.15, 0.2) is 41.3 Å². The van der Waals surface area contributed by atoms with E-state index in [9.17, 15) is 8.42 Å². The maximum absolute atomic E-state index is 12.1. The van der Waals surface area contributed by atoms with Gasteiger partial charge in [0.15, 0.2) is 9.84 Å². The van der Waals surface area contributed by atoms with Crippen molar-refractivity contribution in [3.05, 3.63) is 47.8 Å². The Morgan fingerprint density at radius 3 is 2.29 bits per heavy atom. The fourth-order valence-corrected chi connectivity index (χ4v) is 3.34. The Bertz CT molecular complexity index is 680. The molecule has 0 unspecified atom stereocenters. The summed E-state index contributed by atoms with van der Waals surface area (Å²) in [4.78, 5) is 8.88. The van der Waals surface area contributed by atoms with Gasteiger partial charge in [0.25, 0.3) is 0 Å². The Morgan fingerprint density at radius 2 is 1.67 bits per heavy atom. The minimum absolute atomic E-state index is 0.106. The number of aromatic nitrogens is 2. The van der Waals surface area contributed by atoms with Crippen LogP contribution in [-0.4, -0.2) is 30.7 Å². The number of hydrogen-bond acceptors (Lipinski definition) is 5. The van der Waals surface area contributed by atoms with Crippen molar-refractivity contribution in [3.8, 4) is 0 Å². The van der Waals surface area contributed by atoms with E-state index in [1.54, 1.807) is 30.3 Å². The van der Waals surface area contributed by atoms with Crippen molar-refractivity contribution in [2.75, 3.05) is 17.6 Å². The SMILES string of the molecule is Cc1cc(C)nc(NCCCS(=O)(=O)c2ccccc2)n1. The highest BCUT2D eigenvalue weighted by atomic mass is 32.2. The molecule has 1 aromatic carbocycles. The predicted molar refractivity (Wildman–Crippen MR) is 83.1 cm³/mol. The maximum atomic E-state index is 12.1. The number of sulfone groups is 1. The summed E-state index contributed by atoms with van der Waals surface area (Å²) in [5, 5.41) is 3.06. The third-order valence-corrected chi connectivity index (χ3v) is 4.77. The van der Waals surface area contributed by atoms with Crippen molar-refractivity contribution in [3.63, 3.8) is 0 Å². The normalized spacial score (nSPS) is 11.3. The highest BCUT2D eigenvalue weighted by molar-refractivity contribution is 7.91. The minimum Gasteiger partial charge on any atom is -0.354 e. The first-order valence-corrected chi connectivity index (χ1v) is 8.46. The van der Waals surface area contributed by atoms with E-state index >= 15 is 0 Å². The van der Waals surface area contributed by atoms with Crippen LogP contribution < -0.4 is 5.32 Å². The van der Waals surface area contributed by atoms with Crippen LogP contribution in [0.5, 0.6) is 0 Å². The van der Waals surface area contributed by atoms with Gasteiger partial charge in [-0.25, -0.2) is 18.4 Å². The molecular formula is C15H19N3O2S. The third-order valence-electron chi connectivity index (χ3n) is 2.96. The molecule has 0 amide bonds. The van der Waals surface area contributed by atoms with Gasteiger partial charge in [-0.2, -0.15) is 0 Å². The van der Waals surface area contributed by atoms with Gasteiger partial charge in [-0.15, -0.1) is 0 Å². The molecule has 21 heavy (non-hydrogen) atoms. The Labute approximate surface area is 125 Å². The maximum Gasteiger partial charge on any atom is 0.223 e. The summed E-state index contributed by atoms with van der Waals surface area (Å²) in [5.74, 6) is 0.652. The smallest absolute Gasteiger partial charge is 0.223 e. The van der Waals surface area contributed by atoms with Gasteiger partial charge in [0.1, 0.15) is 0 Å². The average Bonchev–Trinajstić information content (AvgIpc) is 2.44. The molecule has 0 spiro atoms. The summed E-state index contributed by atoms with van der Waals surface area (Å²) in [5.41, 5.74) is 1.78. The first-order chi connectivity index (χ1) is 9.97. The van der Waals surface area contributed by atoms with Gasteiger partial charge >= 0.3 is 0 Å². The Kier molecular flexibility index (Phi) is 4.90. The molecule has 0 bridgehead atoms. The number of nitrogens with zero attached hydrogens (tertiary/aromatic N) is 2. The fourth-order valence-electron chi connectivity index (χ4n) is 2.01. The van der Waals surface area contributed by atoms with Gasteiger partial charge < -0.3 is 5.32 Å². The first-order valence-electron chi connectivity index (χ1n) is 6.81. The number of anilines is 1. The second-order valence-corrected chi connectivity index (χ2v) is 7.00. The molecule has 0 atom stereocenters. The van der Waals surface area contributed by atoms with E-state index in [1.807, 2.05) is 19.9 Å². The van der Waals surface area contributed by atoms with Crippen molar-refractivity contribution >= 4 is 15.8 Å². The predicted octanol–water partition coefficient (Wildman–Crippen LogP) is 2.37. The van der Waals surface area contributed by atoms with Crippen LogP contribution in [0.3, 0.4) is 0 Å². The van der Waals surface area contributed by atoms with E-state index in [0.717, 1.165) is 11.4 Å². The summed E-state index contributed by atoms with van der Waals surface area (Å²) >= 11 is 0. The monoisotopic (exact) mass is 305 g/mol. The van der Waals surface area contributed by atoms with Crippen LogP contribution in [0.25, 0.3) is 0 Å². The zero-order chi connectivity index (χ0) is 15.3. The van der Waals surface area contributed by atoms with Gasteiger partial charge in [0.2, 0.25) is 5.95 Å². The lowest BCUT2D eigenvalue weighted by molar-refractivity contribution is 0.594. The van der Waals surface area contributed by atoms with Crippen LogP contribution in [0, 0.1) is 13.8 Å². The summed E-state index contributed by atoms with van der Waals surface area (Å²) in [7, 11) is -3.21. The minimum atomic E-state index is -3.21. The molecule has 1 aromatic heterocycles. The van der Waals surface area contributed by atoms with E-state index in [1.165, 1.54) is 0 Å². The van der Waals surface area contributed by atoms with Crippen molar-refractivity contribution in [1.29, 1.82) is 0 Å². The second kappa shape index (κ2) is 6.67. The van der Waals surface area contributed by atoms with Gasteiger partial charge in [0, 0.05) is 17.9 Å². The molecule has 0 aliphatic rings. The Morgan fingerprint density at radius 1 is 1.05 bits per heavy atom. The zero-order valence-corrected chi connectivity index (χ0v) is 13.0. The lowest BCUT2D eigenvalue weighted by Crippen LogP contribution is -2.13. The van der Waals surface area contributed by atoms with Crippen molar-refractivity contribution in [1.82, 2.24) is 9.97 Å². The van der Waals surface area contributed by atoms with Gasteiger partial charge in [-0.3, -0.25) is 0 Å². The second-order valence-electron chi connectivity index (χ2n) is 4.89. The van der Waals surface area contributed by atoms with Crippen LogP contribution in [-0.2, 0) is 9.84 Å². The molecule has 0 saturated carbocycles. The fraction of sp³-hybridized carbons (Fsp3) is 0.333. The topological polar surface area (TPSA) is 72.0 Å². The molecule has 6 heteroatoms. The van der Waals surface area contributed by atoms with Crippen LogP contribution in [0.4, 0.5) is 5.95 Å². The molecule has 0 fully saturated rings. The number of rotatable bonds is 6. The number of aryl methyl sites for hydroxylation is 2. The molecule has 1 N–H and O–H groups in total. The van der Waals surface area contributed by atoms with Crippen LogP contribution in [0.2, 0.25) is 0 Å². The molecule has 112 valence electrons. The van der Waals surface area contributed by atoms with E-state index in [4.69, 9.17) is 0 Å². The zero-order valence-electron chi connectivity index (χ0n) is 12.2. The quantitative estimate of drug-likeness (QED) is 0.830. The highest BCUT2D eigenvalue weighted by Crippen LogP contribution is 2.11. The standard InChI is InChI=1S/C15H19N3O2S/c1-12-11-13(2)18-15(17-12)16-9-6-10-21(19,20)14-7-4-3-5-8-14/h3-5,7-8,11H,6,9-10H2,1-2H3,(H,16,17,18). The van der Waals surface area contributed by atoms with Gasteiger partial charge in [-0.1, -0.05) is 18.2 Å². The van der Waals surface area contributed by atoms with E-state index < -0.39 is 9.84 Å². The molecule has 0 aliphatic carbocycles. The summed E-state index contributed by atoms with van der Waals surface area (Å²) in [6, 6.07) is 10.4.